The Bertz CT molecular complexity index is 133. The highest BCUT2D eigenvalue weighted by atomic mass is 15.0. The van der Waals surface area contributed by atoms with Crippen molar-refractivity contribution in [2.75, 3.05) is 65.4 Å². The number of unbranched alkanes of at least 4 members (excludes halogenated alkanes) is 2. The zero-order valence-electron chi connectivity index (χ0n) is 13.0. The highest BCUT2D eigenvalue weighted by Gasteiger charge is 1.87. The van der Waals surface area contributed by atoms with E-state index in [1.807, 2.05) is 0 Å². The van der Waals surface area contributed by atoms with Crippen molar-refractivity contribution in [2.24, 2.45) is 22.9 Å². The maximum atomic E-state index is 5.32. The van der Waals surface area contributed by atoms with E-state index in [4.69, 9.17) is 22.9 Å². The minimum Gasteiger partial charge on any atom is -0.330 e. The fourth-order valence-electron chi connectivity index (χ4n) is 1.40. The summed E-state index contributed by atoms with van der Waals surface area (Å²) in [5.74, 6) is 0. The molecule has 0 fully saturated rings. The quantitative estimate of drug-likeness (QED) is 0.179. The molecule has 7 nitrogen and oxygen atoms in total. The van der Waals surface area contributed by atoms with Gasteiger partial charge in [0.15, 0.2) is 0 Å². The van der Waals surface area contributed by atoms with Crippen LogP contribution in [0, 0.1) is 0 Å². The molecule has 0 aromatic heterocycles. The maximum Gasteiger partial charge on any atom is 0.00772 e. The second-order valence-corrected chi connectivity index (χ2v) is 4.47. The molecule has 0 rings (SSSR count). The van der Waals surface area contributed by atoms with E-state index in [9.17, 15) is 0 Å². The minimum atomic E-state index is 0.706. The van der Waals surface area contributed by atoms with Crippen LogP contribution in [0.15, 0.2) is 0 Å². The van der Waals surface area contributed by atoms with Crippen molar-refractivity contribution < 1.29 is 0 Å². The van der Waals surface area contributed by atoms with E-state index in [0.29, 0.717) is 13.1 Å². The van der Waals surface area contributed by atoms with Crippen LogP contribution in [0.1, 0.15) is 19.3 Å². The Labute approximate surface area is 124 Å². The monoisotopic (exact) mass is 291 g/mol. The Morgan fingerprint density at radius 1 is 0.400 bits per heavy atom. The van der Waals surface area contributed by atoms with Crippen molar-refractivity contribution in [2.45, 2.75) is 19.3 Å². The molecule has 0 radical (unpaired) electrons. The van der Waals surface area contributed by atoms with E-state index in [0.717, 1.165) is 65.2 Å². The van der Waals surface area contributed by atoms with Gasteiger partial charge >= 0.3 is 0 Å². The molecule has 0 spiro atoms. The molecule has 0 bridgehead atoms. The third-order valence-corrected chi connectivity index (χ3v) is 2.51. The van der Waals surface area contributed by atoms with Gasteiger partial charge in [0.05, 0.1) is 0 Å². The van der Waals surface area contributed by atoms with Crippen molar-refractivity contribution >= 4 is 0 Å². The van der Waals surface area contributed by atoms with Gasteiger partial charge in [-0.15, -0.1) is 0 Å². The number of nitrogens with one attached hydrogen (secondary N) is 3. The molecule has 0 aliphatic heterocycles. The molecule has 11 N–H and O–H groups in total. The van der Waals surface area contributed by atoms with E-state index < -0.39 is 0 Å². The smallest absolute Gasteiger partial charge is 0.00772 e. The lowest BCUT2D eigenvalue weighted by molar-refractivity contribution is 0.586. The van der Waals surface area contributed by atoms with Crippen LogP contribution in [0.4, 0.5) is 0 Å². The van der Waals surface area contributed by atoms with Crippen LogP contribution in [0.25, 0.3) is 0 Å². The minimum absolute atomic E-state index is 0.706. The molecular weight excluding hydrogens is 254 g/mol. The van der Waals surface area contributed by atoms with Crippen LogP contribution in [0.3, 0.4) is 0 Å². The van der Waals surface area contributed by atoms with Crippen LogP contribution in [-0.4, -0.2) is 65.4 Å². The molecule has 0 aliphatic rings. The molecule has 0 aromatic carbocycles. The summed E-state index contributed by atoms with van der Waals surface area (Å²) in [4.78, 5) is 0. The second-order valence-electron chi connectivity index (χ2n) is 4.47. The molecular formula is C13H37N7. The highest BCUT2D eigenvalue weighted by Crippen LogP contribution is 1.88. The highest BCUT2D eigenvalue weighted by molar-refractivity contribution is 4.54. The van der Waals surface area contributed by atoms with Gasteiger partial charge in [-0.25, -0.2) is 0 Å². The van der Waals surface area contributed by atoms with E-state index in [2.05, 4.69) is 16.0 Å². The molecule has 124 valence electrons. The van der Waals surface area contributed by atoms with Crippen LogP contribution in [-0.2, 0) is 0 Å². The summed E-state index contributed by atoms with van der Waals surface area (Å²) in [6.45, 7) is 8.76. The third-order valence-electron chi connectivity index (χ3n) is 2.51. The normalized spacial score (nSPS) is 10.2. The van der Waals surface area contributed by atoms with Crippen molar-refractivity contribution in [3.8, 4) is 0 Å². The van der Waals surface area contributed by atoms with Gasteiger partial charge in [0, 0.05) is 52.4 Å². The molecule has 0 aliphatic carbocycles. The first-order valence-electron chi connectivity index (χ1n) is 7.75. The van der Waals surface area contributed by atoms with E-state index in [1.165, 1.54) is 6.42 Å². The van der Waals surface area contributed by atoms with E-state index in [-0.39, 0.29) is 0 Å². The standard InChI is InChI=1S/C8H23N5.C5H14N2/c9-1-3-11-5-7-13-8-6-12-4-2-10;6-4-2-1-3-5-7/h11-13H,1-10H2;1-7H2. The molecule has 20 heavy (non-hydrogen) atoms. The first-order chi connectivity index (χ1) is 9.83. The van der Waals surface area contributed by atoms with Crippen LogP contribution < -0.4 is 38.9 Å². The molecule has 0 saturated carbocycles. The molecule has 0 heterocycles. The zero-order chi connectivity index (χ0) is 15.3. The van der Waals surface area contributed by atoms with Crippen molar-refractivity contribution in [1.29, 1.82) is 0 Å². The lowest BCUT2D eigenvalue weighted by Crippen LogP contribution is -2.35. The Balaban J connectivity index is 0. The van der Waals surface area contributed by atoms with Gasteiger partial charge in [-0.3, -0.25) is 0 Å². The Kier molecular flexibility index (Phi) is 26.2. The fraction of sp³-hybridized carbons (Fsp3) is 1.00. The average Bonchev–Trinajstić information content (AvgIpc) is 2.47. The Morgan fingerprint density at radius 2 is 0.750 bits per heavy atom. The maximum absolute atomic E-state index is 5.32. The SMILES string of the molecule is NCCCCCN.NCCNCCNCCNCCN. The first kappa shape index (κ1) is 22.0. The van der Waals surface area contributed by atoms with Crippen molar-refractivity contribution in [3.63, 3.8) is 0 Å². The number of hydrogen-bond donors (Lipinski definition) is 7. The lowest BCUT2D eigenvalue weighted by Gasteiger charge is -2.06. The summed E-state index contributed by atoms with van der Waals surface area (Å²) in [6, 6.07) is 0. The fourth-order valence-corrected chi connectivity index (χ4v) is 1.40. The molecule has 7 heteroatoms. The summed E-state index contributed by atoms with van der Waals surface area (Å²) in [6.07, 6.45) is 3.43. The van der Waals surface area contributed by atoms with Crippen molar-refractivity contribution in [3.05, 3.63) is 0 Å². The first-order valence-corrected chi connectivity index (χ1v) is 7.75. The molecule has 0 saturated heterocycles. The van der Waals surface area contributed by atoms with Gasteiger partial charge in [0.1, 0.15) is 0 Å². The van der Waals surface area contributed by atoms with Crippen LogP contribution >= 0.6 is 0 Å². The van der Waals surface area contributed by atoms with Gasteiger partial charge in [-0.2, -0.15) is 0 Å². The largest absolute Gasteiger partial charge is 0.330 e. The van der Waals surface area contributed by atoms with Gasteiger partial charge in [-0.1, -0.05) is 6.42 Å². The van der Waals surface area contributed by atoms with Gasteiger partial charge < -0.3 is 38.9 Å². The van der Waals surface area contributed by atoms with Gasteiger partial charge in [0.25, 0.3) is 0 Å². The summed E-state index contributed by atoms with van der Waals surface area (Å²) < 4.78 is 0. The molecule has 0 aromatic rings. The summed E-state index contributed by atoms with van der Waals surface area (Å²) >= 11 is 0. The lowest BCUT2D eigenvalue weighted by atomic mass is 10.2. The number of nitrogens with two attached hydrogens (primary N) is 4. The topological polar surface area (TPSA) is 140 Å². The number of rotatable bonds is 14. The van der Waals surface area contributed by atoms with Crippen molar-refractivity contribution in [1.82, 2.24) is 16.0 Å². The Hall–Kier alpha value is -0.280. The van der Waals surface area contributed by atoms with E-state index in [1.54, 1.807) is 0 Å². The zero-order valence-corrected chi connectivity index (χ0v) is 13.0. The predicted octanol–water partition coefficient (Wildman–Crippen LogP) is -2.25. The van der Waals surface area contributed by atoms with Gasteiger partial charge in [0.2, 0.25) is 0 Å². The van der Waals surface area contributed by atoms with Gasteiger partial charge in [-0.05, 0) is 25.9 Å². The molecule has 0 amide bonds. The predicted molar refractivity (Wildman–Crippen MR) is 88.7 cm³/mol. The summed E-state index contributed by atoms with van der Waals surface area (Å²) in [5.41, 5.74) is 21.1. The van der Waals surface area contributed by atoms with Crippen LogP contribution in [0.5, 0.6) is 0 Å². The summed E-state index contributed by atoms with van der Waals surface area (Å²) in [5, 5.41) is 9.71. The third kappa shape index (κ3) is 26.3. The number of hydrogen-bond acceptors (Lipinski definition) is 7. The van der Waals surface area contributed by atoms with Crippen LogP contribution in [0.2, 0.25) is 0 Å². The summed E-state index contributed by atoms with van der Waals surface area (Å²) in [7, 11) is 0. The molecule has 0 unspecified atom stereocenters. The van der Waals surface area contributed by atoms with E-state index >= 15 is 0 Å². The molecule has 0 atom stereocenters. The Morgan fingerprint density at radius 3 is 1.05 bits per heavy atom. The average molecular weight is 291 g/mol. The second kappa shape index (κ2) is 23.8.